The fourth-order valence-electron chi connectivity index (χ4n) is 4.24. The second-order valence-electron chi connectivity index (χ2n) is 8.54. The predicted molar refractivity (Wildman–Crippen MR) is 131 cm³/mol. The highest BCUT2D eigenvalue weighted by Crippen LogP contribution is 2.32. The van der Waals surface area contributed by atoms with Gasteiger partial charge in [-0.3, -0.25) is 9.59 Å². The number of aromatic nitrogens is 1. The number of methoxy groups -OCH3 is 2. The molecule has 0 spiro atoms. The van der Waals surface area contributed by atoms with Crippen LogP contribution in [0.5, 0.6) is 5.75 Å². The Hall–Kier alpha value is -3.35. The highest BCUT2D eigenvalue weighted by molar-refractivity contribution is 6.33. The average molecular weight is 501 g/mol. The first-order valence-corrected chi connectivity index (χ1v) is 11.7. The normalized spacial score (nSPS) is 18.2. The van der Waals surface area contributed by atoms with E-state index in [2.05, 4.69) is 21.7 Å². The van der Waals surface area contributed by atoms with E-state index in [4.69, 9.17) is 26.2 Å². The van der Waals surface area contributed by atoms with Gasteiger partial charge in [0.2, 0.25) is 0 Å². The maximum Gasteiger partial charge on any atom is 0.306 e. The Labute approximate surface area is 209 Å². The predicted octanol–water partition coefficient (Wildman–Crippen LogP) is 4.04. The van der Waals surface area contributed by atoms with Crippen LogP contribution in [0, 0.1) is 23.2 Å². The highest BCUT2D eigenvalue weighted by Gasteiger charge is 2.26. The van der Waals surface area contributed by atoms with Crippen molar-refractivity contribution in [3.63, 3.8) is 0 Å². The number of nitrogens with one attached hydrogen (secondary N) is 2. The van der Waals surface area contributed by atoms with E-state index in [0.29, 0.717) is 47.6 Å². The average Bonchev–Trinajstić information content (AvgIpc) is 2.87. The lowest BCUT2D eigenvalue weighted by molar-refractivity contribution is -0.143. The number of hydrogen-bond donors (Lipinski definition) is 3. The third-order valence-corrected chi connectivity index (χ3v) is 6.52. The third kappa shape index (κ3) is 6.84. The number of ether oxygens (including phenoxy) is 2. The molecule has 1 fully saturated rings. The first-order chi connectivity index (χ1) is 16.9. The van der Waals surface area contributed by atoms with Gasteiger partial charge in [-0.1, -0.05) is 11.6 Å². The summed E-state index contributed by atoms with van der Waals surface area (Å²) >= 11 is 6.45. The van der Waals surface area contributed by atoms with Gasteiger partial charge in [0, 0.05) is 25.4 Å². The lowest BCUT2D eigenvalue weighted by atomic mass is 9.82. The maximum atomic E-state index is 12.6. The van der Waals surface area contributed by atoms with E-state index < -0.39 is 12.0 Å². The standard InChI is InChI=1S/C25H29ClN4O5/c1-34-14-21(19-9-16(11-27)5-8-22(19)35-2)30-23-20(26)10-18(13-28-23)24(31)29-12-15-3-6-17(7-4-15)25(32)33/h5,8-10,13,15,17,21H,3-4,6-7,12,14H2,1-2H3,(H,28,30)(H,29,31)(H,32,33)/t15-,17-,21?. The molecule has 1 atom stereocenters. The van der Waals surface area contributed by atoms with Gasteiger partial charge in [0.25, 0.3) is 5.91 Å². The summed E-state index contributed by atoms with van der Waals surface area (Å²) < 4.78 is 10.8. The van der Waals surface area contributed by atoms with Crippen molar-refractivity contribution in [2.45, 2.75) is 31.7 Å². The Bertz CT molecular complexity index is 1100. The first-order valence-electron chi connectivity index (χ1n) is 11.4. The fourth-order valence-corrected chi connectivity index (χ4v) is 4.46. The van der Waals surface area contributed by atoms with Crippen molar-refractivity contribution >= 4 is 29.3 Å². The van der Waals surface area contributed by atoms with Gasteiger partial charge in [0.05, 0.1) is 47.9 Å². The number of nitriles is 1. The van der Waals surface area contributed by atoms with Crippen LogP contribution in [-0.2, 0) is 9.53 Å². The summed E-state index contributed by atoms with van der Waals surface area (Å²) in [5.41, 5.74) is 1.52. The molecule has 1 saturated carbocycles. The van der Waals surface area contributed by atoms with Gasteiger partial charge in [-0.2, -0.15) is 5.26 Å². The minimum Gasteiger partial charge on any atom is -0.496 e. The maximum absolute atomic E-state index is 12.6. The zero-order valence-electron chi connectivity index (χ0n) is 19.7. The summed E-state index contributed by atoms with van der Waals surface area (Å²) in [4.78, 5) is 28.1. The third-order valence-electron chi connectivity index (χ3n) is 6.23. The lowest BCUT2D eigenvalue weighted by Gasteiger charge is -2.26. The van der Waals surface area contributed by atoms with E-state index in [1.165, 1.54) is 6.20 Å². The molecule has 2 aromatic rings. The zero-order valence-corrected chi connectivity index (χ0v) is 20.5. The molecule has 186 valence electrons. The van der Waals surface area contributed by atoms with E-state index in [1.54, 1.807) is 38.5 Å². The molecule has 1 aliphatic carbocycles. The second kappa shape index (κ2) is 12.4. The van der Waals surface area contributed by atoms with E-state index in [1.807, 2.05) is 0 Å². The lowest BCUT2D eigenvalue weighted by Crippen LogP contribution is -2.32. The Morgan fingerprint density at radius 1 is 1.26 bits per heavy atom. The van der Waals surface area contributed by atoms with Crippen molar-refractivity contribution in [1.29, 1.82) is 5.26 Å². The van der Waals surface area contributed by atoms with Crippen LogP contribution in [0.4, 0.5) is 5.82 Å². The number of carboxylic acids is 1. The van der Waals surface area contributed by atoms with Gasteiger partial charge in [-0.05, 0) is 55.9 Å². The number of carbonyl (C=O) groups is 2. The molecule has 3 rings (SSSR count). The van der Waals surface area contributed by atoms with Crippen LogP contribution in [0.2, 0.25) is 5.02 Å². The molecule has 1 heterocycles. The molecule has 10 heteroatoms. The van der Waals surface area contributed by atoms with Crippen molar-refractivity contribution in [2.24, 2.45) is 11.8 Å². The van der Waals surface area contributed by atoms with Crippen LogP contribution in [0.3, 0.4) is 0 Å². The smallest absolute Gasteiger partial charge is 0.306 e. The molecule has 1 aliphatic rings. The number of rotatable bonds is 10. The minimum atomic E-state index is -0.745. The quantitative estimate of drug-likeness (QED) is 0.445. The van der Waals surface area contributed by atoms with Crippen LogP contribution in [0.1, 0.15) is 53.2 Å². The zero-order chi connectivity index (χ0) is 25.4. The molecule has 1 aromatic carbocycles. The number of carboxylic acid groups (broad SMARTS) is 1. The Balaban J connectivity index is 1.66. The van der Waals surface area contributed by atoms with Crippen molar-refractivity contribution in [3.8, 4) is 11.8 Å². The molecule has 35 heavy (non-hydrogen) atoms. The van der Waals surface area contributed by atoms with E-state index >= 15 is 0 Å². The number of aliphatic carboxylic acids is 1. The topological polar surface area (TPSA) is 134 Å². The SMILES string of the molecule is COCC(Nc1ncc(C(=O)NC[C@H]2CC[C@H](C(=O)O)CC2)cc1Cl)c1cc(C#N)ccc1OC. The number of amides is 1. The van der Waals surface area contributed by atoms with E-state index in [0.717, 1.165) is 12.8 Å². The highest BCUT2D eigenvalue weighted by atomic mass is 35.5. The molecule has 0 radical (unpaired) electrons. The minimum absolute atomic E-state index is 0.257. The number of carbonyl (C=O) groups excluding carboxylic acids is 1. The molecule has 9 nitrogen and oxygen atoms in total. The van der Waals surface area contributed by atoms with Gasteiger partial charge in [-0.15, -0.1) is 0 Å². The van der Waals surface area contributed by atoms with Crippen LogP contribution in [0.25, 0.3) is 0 Å². The molecule has 0 saturated heterocycles. The Kier molecular flexibility index (Phi) is 9.29. The Morgan fingerprint density at radius 3 is 2.60 bits per heavy atom. The summed E-state index contributed by atoms with van der Waals surface area (Å²) in [6, 6.07) is 8.35. The van der Waals surface area contributed by atoms with Crippen LogP contribution < -0.4 is 15.4 Å². The van der Waals surface area contributed by atoms with Gasteiger partial charge in [0.1, 0.15) is 11.6 Å². The van der Waals surface area contributed by atoms with Crippen molar-refractivity contribution in [3.05, 3.63) is 52.2 Å². The number of halogens is 1. The van der Waals surface area contributed by atoms with Gasteiger partial charge in [0.15, 0.2) is 0 Å². The first kappa shape index (κ1) is 26.3. The summed E-state index contributed by atoms with van der Waals surface area (Å²) in [6.45, 7) is 0.739. The number of pyridine rings is 1. The Morgan fingerprint density at radius 2 is 2.00 bits per heavy atom. The summed E-state index contributed by atoms with van der Waals surface area (Å²) in [5.74, 6) is -0.110. The van der Waals surface area contributed by atoms with Crippen LogP contribution >= 0.6 is 11.6 Å². The van der Waals surface area contributed by atoms with Gasteiger partial charge in [-0.25, -0.2) is 4.98 Å². The molecular formula is C25H29ClN4O5. The molecule has 0 aliphatic heterocycles. The molecule has 1 unspecified atom stereocenters. The fraction of sp³-hybridized carbons (Fsp3) is 0.440. The second-order valence-corrected chi connectivity index (χ2v) is 8.95. The molecular weight excluding hydrogens is 472 g/mol. The number of nitrogens with zero attached hydrogens (tertiary/aromatic N) is 2. The van der Waals surface area contributed by atoms with Crippen molar-refractivity contribution < 1.29 is 24.2 Å². The molecule has 0 bridgehead atoms. The van der Waals surface area contributed by atoms with Crippen LogP contribution in [-0.4, -0.2) is 49.3 Å². The van der Waals surface area contributed by atoms with E-state index in [9.17, 15) is 14.9 Å². The number of hydrogen-bond acceptors (Lipinski definition) is 7. The molecule has 1 amide bonds. The summed E-state index contributed by atoms with van der Waals surface area (Å²) in [5, 5.41) is 24.8. The summed E-state index contributed by atoms with van der Waals surface area (Å²) in [6.07, 6.45) is 4.26. The number of anilines is 1. The molecule has 3 N–H and O–H groups in total. The monoisotopic (exact) mass is 500 g/mol. The molecule has 1 aromatic heterocycles. The van der Waals surface area contributed by atoms with Crippen LogP contribution in [0.15, 0.2) is 30.5 Å². The number of benzene rings is 1. The van der Waals surface area contributed by atoms with Crippen molar-refractivity contribution in [2.75, 3.05) is 32.7 Å². The van der Waals surface area contributed by atoms with Crippen molar-refractivity contribution in [1.82, 2.24) is 10.3 Å². The van der Waals surface area contributed by atoms with E-state index in [-0.39, 0.29) is 29.4 Å². The van der Waals surface area contributed by atoms with Gasteiger partial charge >= 0.3 is 5.97 Å². The summed E-state index contributed by atoms with van der Waals surface area (Å²) in [7, 11) is 3.11. The largest absolute Gasteiger partial charge is 0.496 e. The van der Waals surface area contributed by atoms with Gasteiger partial charge < -0.3 is 25.2 Å².